The quantitative estimate of drug-likeness (QED) is 0.942. The number of benzene rings is 1. The van der Waals surface area contributed by atoms with Gasteiger partial charge < -0.3 is 5.32 Å². The maximum absolute atomic E-state index is 13.3. The monoisotopic (exact) mass is 283 g/mol. The highest BCUT2D eigenvalue weighted by Crippen LogP contribution is 2.11. The van der Waals surface area contributed by atoms with Crippen LogP contribution in [0.25, 0.3) is 0 Å². The lowest BCUT2D eigenvalue weighted by Crippen LogP contribution is -2.16. The number of carbonyl (C=O) groups is 1. The van der Waals surface area contributed by atoms with E-state index in [0.717, 1.165) is 12.1 Å². The molecule has 1 aromatic heterocycles. The minimum absolute atomic E-state index is 0.0980. The molecule has 1 N–H and O–H groups in total. The van der Waals surface area contributed by atoms with Gasteiger partial charge in [-0.2, -0.15) is 0 Å². The number of nitrogens with zero attached hydrogens (tertiary/aromatic N) is 2. The van der Waals surface area contributed by atoms with Crippen molar-refractivity contribution in [1.29, 1.82) is 0 Å². The molecule has 0 aliphatic heterocycles. The van der Waals surface area contributed by atoms with Crippen molar-refractivity contribution in [3.8, 4) is 0 Å². The summed E-state index contributed by atoms with van der Waals surface area (Å²) in [6.07, 6.45) is 2.33. The van der Waals surface area contributed by atoms with Crippen LogP contribution in [-0.4, -0.2) is 15.9 Å². The number of amides is 1. The van der Waals surface area contributed by atoms with Crippen LogP contribution in [-0.2, 0) is 11.2 Å². The Morgan fingerprint density at radius 3 is 2.68 bits per heavy atom. The second kappa shape index (κ2) is 5.71. The SMILES string of the molecule is O=C(Cc1ccc(F)cc1F)Nc1cnc(Cl)cn1. The summed E-state index contributed by atoms with van der Waals surface area (Å²) in [4.78, 5) is 19.2. The third kappa shape index (κ3) is 3.69. The molecular weight excluding hydrogens is 276 g/mol. The molecule has 0 spiro atoms. The van der Waals surface area contributed by atoms with Crippen molar-refractivity contribution in [2.75, 3.05) is 5.32 Å². The molecule has 0 atom stereocenters. The average Bonchev–Trinajstić information content (AvgIpc) is 2.36. The molecule has 1 heterocycles. The van der Waals surface area contributed by atoms with Crippen molar-refractivity contribution in [2.45, 2.75) is 6.42 Å². The predicted molar refractivity (Wildman–Crippen MR) is 65.7 cm³/mol. The molecule has 19 heavy (non-hydrogen) atoms. The molecule has 7 heteroatoms. The lowest BCUT2D eigenvalue weighted by molar-refractivity contribution is -0.115. The van der Waals surface area contributed by atoms with Crippen LogP contribution in [0.5, 0.6) is 0 Å². The first-order valence-corrected chi connectivity index (χ1v) is 5.64. The third-order valence-corrected chi connectivity index (χ3v) is 2.45. The van der Waals surface area contributed by atoms with Gasteiger partial charge in [0.15, 0.2) is 5.82 Å². The van der Waals surface area contributed by atoms with Crippen LogP contribution in [0.1, 0.15) is 5.56 Å². The van der Waals surface area contributed by atoms with Gasteiger partial charge in [0.1, 0.15) is 16.8 Å². The molecule has 2 rings (SSSR count). The highest BCUT2D eigenvalue weighted by atomic mass is 35.5. The molecule has 0 aliphatic rings. The molecule has 98 valence electrons. The number of carbonyl (C=O) groups excluding carboxylic acids is 1. The van der Waals surface area contributed by atoms with E-state index in [1.807, 2.05) is 0 Å². The first kappa shape index (κ1) is 13.4. The number of aromatic nitrogens is 2. The van der Waals surface area contributed by atoms with E-state index in [1.165, 1.54) is 18.5 Å². The van der Waals surface area contributed by atoms with E-state index < -0.39 is 17.5 Å². The highest BCUT2D eigenvalue weighted by Gasteiger charge is 2.10. The van der Waals surface area contributed by atoms with Gasteiger partial charge in [0.05, 0.1) is 18.8 Å². The highest BCUT2D eigenvalue weighted by molar-refractivity contribution is 6.29. The number of nitrogens with one attached hydrogen (secondary N) is 1. The summed E-state index contributed by atoms with van der Waals surface area (Å²) in [7, 11) is 0. The molecule has 1 amide bonds. The normalized spacial score (nSPS) is 10.3. The van der Waals surface area contributed by atoms with E-state index in [0.29, 0.717) is 0 Å². The topological polar surface area (TPSA) is 54.9 Å². The zero-order chi connectivity index (χ0) is 13.8. The van der Waals surface area contributed by atoms with Gasteiger partial charge in [0, 0.05) is 6.07 Å². The van der Waals surface area contributed by atoms with Crippen molar-refractivity contribution < 1.29 is 13.6 Å². The fraction of sp³-hybridized carbons (Fsp3) is 0.0833. The Hall–Kier alpha value is -2.08. The Bertz CT molecular complexity index is 604. The molecular formula is C12H8ClF2N3O. The second-order valence-corrected chi connectivity index (χ2v) is 4.07. The van der Waals surface area contributed by atoms with Gasteiger partial charge in [0.25, 0.3) is 0 Å². The fourth-order valence-electron chi connectivity index (χ4n) is 1.40. The number of halogens is 3. The van der Waals surface area contributed by atoms with Crippen LogP contribution >= 0.6 is 11.6 Å². The number of hydrogen-bond donors (Lipinski definition) is 1. The van der Waals surface area contributed by atoms with E-state index in [2.05, 4.69) is 15.3 Å². The molecule has 0 saturated heterocycles. The summed E-state index contributed by atoms with van der Waals surface area (Å²) >= 11 is 5.54. The Kier molecular flexibility index (Phi) is 4.01. The molecule has 0 fully saturated rings. The van der Waals surface area contributed by atoms with E-state index in [-0.39, 0.29) is 23.0 Å². The minimum Gasteiger partial charge on any atom is -0.309 e. The fourth-order valence-corrected chi connectivity index (χ4v) is 1.50. The third-order valence-electron chi connectivity index (χ3n) is 2.25. The van der Waals surface area contributed by atoms with E-state index in [4.69, 9.17) is 11.6 Å². The van der Waals surface area contributed by atoms with Gasteiger partial charge in [-0.05, 0) is 11.6 Å². The van der Waals surface area contributed by atoms with Gasteiger partial charge in [-0.25, -0.2) is 18.7 Å². The second-order valence-electron chi connectivity index (χ2n) is 3.69. The Morgan fingerprint density at radius 1 is 1.26 bits per heavy atom. The summed E-state index contributed by atoms with van der Waals surface area (Å²) in [6.45, 7) is 0. The first-order valence-electron chi connectivity index (χ1n) is 5.26. The number of rotatable bonds is 3. The Labute approximate surface area is 112 Å². The summed E-state index contributed by atoms with van der Waals surface area (Å²) in [5.41, 5.74) is 0.0980. The van der Waals surface area contributed by atoms with Crippen LogP contribution in [0.15, 0.2) is 30.6 Å². The largest absolute Gasteiger partial charge is 0.309 e. The van der Waals surface area contributed by atoms with E-state index in [1.54, 1.807) is 0 Å². The van der Waals surface area contributed by atoms with Crippen molar-refractivity contribution in [1.82, 2.24) is 9.97 Å². The van der Waals surface area contributed by atoms with Crippen molar-refractivity contribution in [2.24, 2.45) is 0 Å². The zero-order valence-corrected chi connectivity index (χ0v) is 10.3. The maximum Gasteiger partial charge on any atom is 0.230 e. The Balaban J connectivity index is 2.03. The summed E-state index contributed by atoms with van der Waals surface area (Å²) in [5, 5.41) is 2.62. The van der Waals surface area contributed by atoms with Crippen molar-refractivity contribution >= 4 is 23.3 Å². The van der Waals surface area contributed by atoms with Gasteiger partial charge >= 0.3 is 0 Å². The van der Waals surface area contributed by atoms with Crippen molar-refractivity contribution in [3.63, 3.8) is 0 Å². The Morgan fingerprint density at radius 2 is 2.05 bits per heavy atom. The first-order chi connectivity index (χ1) is 9.04. The molecule has 0 radical (unpaired) electrons. The molecule has 4 nitrogen and oxygen atoms in total. The van der Waals surface area contributed by atoms with Gasteiger partial charge in [-0.1, -0.05) is 17.7 Å². The average molecular weight is 284 g/mol. The zero-order valence-electron chi connectivity index (χ0n) is 9.53. The molecule has 2 aromatic rings. The van der Waals surface area contributed by atoms with Gasteiger partial charge in [-0.15, -0.1) is 0 Å². The maximum atomic E-state index is 13.3. The molecule has 0 aliphatic carbocycles. The van der Waals surface area contributed by atoms with E-state index in [9.17, 15) is 13.6 Å². The lowest BCUT2D eigenvalue weighted by Gasteiger charge is -2.05. The standard InChI is InChI=1S/C12H8ClF2N3O/c13-10-5-17-11(6-16-10)18-12(19)3-7-1-2-8(14)4-9(7)15/h1-2,4-6H,3H2,(H,17,18,19). The molecule has 1 aromatic carbocycles. The van der Waals surface area contributed by atoms with Crippen LogP contribution in [0, 0.1) is 11.6 Å². The summed E-state index contributed by atoms with van der Waals surface area (Å²) < 4.78 is 26.0. The van der Waals surface area contributed by atoms with E-state index >= 15 is 0 Å². The molecule has 0 saturated carbocycles. The molecule has 0 bridgehead atoms. The van der Waals surface area contributed by atoms with Crippen LogP contribution < -0.4 is 5.32 Å². The minimum atomic E-state index is -0.766. The summed E-state index contributed by atoms with van der Waals surface area (Å²) in [5.74, 6) is -1.73. The predicted octanol–water partition coefficient (Wildman–Crippen LogP) is 2.59. The van der Waals surface area contributed by atoms with Gasteiger partial charge in [0.2, 0.25) is 5.91 Å². The lowest BCUT2D eigenvalue weighted by atomic mass is 10.1. The van der Waals surface area contributed by atoms with Crippen LogP contribution in [0.3, 0.4) is 0 Å². The van der Waals surface area contributed by atoms with Crippen LogP contribution in [0.4, 0.5) is 14.6 Å². The number of anilines is 1. The van der Waals surface area contributed by atoms with Crippen LogP contribution in [0.2, 0.25) is 5.15 Å². The smallest absolute Gasteiger partial charge is 0.230 e. The summed E-state index contributed by atoms with van der Waals surface area (Å²) in [6, 6.07) is 3.04. The molecule has 0 unspecified atom stereocenters. The van der Waals surface area contributed by atoms with Gasteiger partial charge in [-0.3, -0.25) is 4.79 Å². The number of hydrogen-bond acceptors (Lipinski definition) is 3. The van der Waals surface area contributed by atoms with Crippen molar-refractivity contribution in [3.05, 3.63) is 52.9 Å².